The van der Waals surface area contributed by atoms with Crippen LogP contribution >= 0.6 is 0 Å². The van der Waals surface area contributed by atoms with Crippen LogP contribution in [-0.4, -0.2) is 33.7 Å². The molecule has 2 amide bonds. The van der Waals surface area contributed by atoms with Crippen LogP contribution in [0.3, 0.4) is 0 Å². The standard InChI is InChI=1S/C23H29N3O4/c1-4-17(3)24-23(28)20(5-2)25(16-18-11-7-6-8-12-18)22(27)15-19-13-9-10-14-21(19)26(29)30/h6-14,17,20H,4-5,15-16H2,1-3H3,(H,24,28)/t17-,20-/m0/s1. The number of carbonyl (C=O) groups excluding carboxylic acids is 2. The average molecular weight is 412 g/mol. The number of amides is 2. The molecule has 2 aromatic carbocycles. The first-order valence-electron chi connectivity index (χ1n) is 10.2. The zero-order chi connectivity index (χ0) is 22.1. The number of nitrogens with one attached hydrogen (secondary N) is 1. The molecule has 2 rings (SSSR count). The van der Waals surface area contributed by atoms with E-state index < -0.39 is 11.0 Å². The van der Waals surface area contributed by atoms with E-state index in [-0.39, 0.29) is 36.5 Å². The number of carbonyl (C=O) groups is 2. The Morgan fingerprint density at radius 2 is 1.67 bits per heavy atom. The third-order valence-electron chi connectivity index (χ3n) is 5.11. The topological polar surface area (TPSA) is 92.6 Å². The van der Waals surface area contributed by atoms with E-state index in [1.54, 1.807) is 18.2 Å². The van der Waals surface area contributed by atoms with Crippen LogP contribution in [0.1, 0.15) is 44.7 Å². The second-order valence-corrected chi connectivity index (χ2v) is 7.31. The number of rotatable bonds is 10. The van der Waals surface area contributed by atoms with Crippen molar-refractivity contribution in [1.29, 1.82) is 0 Å². The van der Waals surface area contributed by atoms with Gasteiger partial charge in [0, 0.05) is 24.2 Å². The van der Waals surface area contributed by atoms with Gasteiger partial charge >= 0.3 is 0 Å². The van der Waals surface area contributed by atoms with Gasteiger partial charge in [0.05, 0.1) is 11.3 Å². The summed E-state index contributed by atoms with van der Waals surface area (Å²) in [6, 6.07) is 15.0. The molecule has 7 heteroatoms. The number of para-hydroxylation sites is 1. The van der Waals surface area contributed by atoms with Gasteiger partial charge in [-0.05, 0) is 25.3 Å². The lowest BCUT2D eigenvalue weighted by molar-refractivity contribution is -0.385. The lowest BCUT2D eigenvalue weighted by Crippen LogP contribution is -2.51. The van der Waals surface area contributed by atoms with Crippen LogP contribution in [0.5, 0.6) is 0 Å². The molecule has 0 fully saturated rings. The lowest BCUT2D eigenvalue weighted by atomic mass is 10.0. The first-order valence-corrected chi connectivity index (χ1v) is 10.2. The maximum absolute atomic E-state index is 13.3. The van der Waals surface area contributed by atoms with Crippen molar-refractivity contribution in [2.45, 2.75) is 58.7 Å². The van der Waals surface area contributed by atoms with Crippen molar-refractivity contribution in [2.75, 3.05) is 0 Å². The normalized spacial score (nSPS) is 12.6. The molecule has 30 heavy (non-hydrogen) atoms. The van der Waals surface area contributed by atoms with Crippen LogP contribution < -0.4 is 5.32 Å². The molecule has 0 saturated heterocycles. The Morgan fingerprint density at radius 1 is 1.03 bits per heavy atom. The number of hydrogen-bond donors (Lipinski definition) is 1. The number of benzene rings is 2. The van der Waals surface area contributed by atoms with Gasteiger partial charge < -0.3 is 10.2 Å². The van der Waals surface area contributed by atoms with Gasteiger partial charge in [-0.2, -0.15) is 0 Å². The maximum Gasteiger partial charge on any atom is 0.273 e. The van der Waals surface area contributed by atoms with E-state index in [0.29, 0.717) is 12.0 Å². The number of nitro benzene ring substituents is 1. The fourth-order valence-corrected chi connectivity index (χ4v) is 3.24. The predicted molar refractivity (Wildman–Crippen MR) is 116 cm³/mol. The molecule has 1 N–H and O–H groups in total. The fraction of sp³-hybridized carbons (Fsp3) is 0.391. The van der Waals surface area contributed by atoms with Crippen molar-refractivity contribution in [2.24, 2.45) is 0 Å². The third-order valence-corrected chi connectivity index (χ3v) is 5.11. The van der Waals surface area contributed by atoms with Gasteiger partial charge in [0.15, 0.2) is 0 Å². The Kier molecular flexibility index (Phi) is 8.53. The van der Waals surface area contributed by atoms with Crippen LogP contribution in [0.4, 0.5) is 5.69 Å². The van der Waals surface area contributed by atoms with Gasteiger partial charge in [-0.1, -0.05) is 62.4 Å². The molecule has 0 spiro atoms. The SMILES string of the molecule is CC[C@H](C)NC(=O)[C@H](CC)N(Cc1ccccc1)C(=O)Cc1ccccc1[N+](=O)[O-]. The van der Waals surface area contributed by atoms with Crippen LogP contribution in [0.15, 0.2) is 54.6 Å². The summed E-state index contributed by atoms with van der Waals surface area (Å²) in [6.07, 6.45) is 1.08. The summed E-state index contributed by atoms with van der Waals surface area (Å²) in [4.78, 5) is 38.5. The van der Waals surface area contributed by atoms with Gasteiger partial charge in [-0.15, -0.1) is 0 Å². The molecule has 0 aliphatic rings. The predicted octanol–water partition coefficient (Wildman–Crippen LogP) is 3.86. The number of nitro groups is 1. The summed E-state index contributed by atoms with van der Waals surface area (Å²) in [6.45, 7) is 6.01. The summed E-state index contributed by atoms with van der Waals surface area (Å²) in [5.41, 5.74) is 1.13. The molecule has 0 unspecified atom stereocenters. The number of nitrogens with zero attached hydrogens (tertiary/aromatic N) is 2. The van der Waals surface area contributed by atoms with Crippen molar-refractivity contribution >= 4 is 17.5 Å². The highest BCUT2D eigenvalue weighted by Gasteiger charge is 2.30. The molecular weight excluding hydrogens is 382 g/mol. The van der Waals surface area contributed by atoms with Crippen LogP contribution in [-0.2, 0) is 22.6 Å². The Hall–Kier alpha value is -3.22. The zero-order valence-electron chi connectivity index (χ0n) is 17.7. The summed E-state index contributed by atoms with van der Waals surface area (Å²) in [5, 5.41) is 14.3. The van der Waals surface area contributed by atoms with E-state index in [0.717, 1.165) is 12.0 Å². The van der Waals surface area contributed by atoms with Crippen LogP contribution in [0.2, 0.25) is 0 Å². The second kappa shape index (κ2) is 11.1. The minimum atomic E-state index is -0.658. The second-order valence-electron chi connectivity index (χ2n) is 7.31. The lowest BCUT2D eigenvalue weighted by Gasteiger charge is -2.31. The Labute approximate surface area is 177 Å². The van der Waals surface area contributed by atoms with E-state index in [4.69, 9.17) is 0 Å². The van der Waals surface area contributed by atoms with Crippen molar-refractivity contribution in [3.63, 3.8) is 0 Å². The van der Waals surface area contributed by atoms with E-state index >= 15 is 0 Å². The Balaban J connectivity index is 2.33. The first kappa shape index (κ1) is 23.1. The minimum Gasteiger partial charge on any atom is -0.352 e. The van der Waals surface area contributed by atoms with E-state index in [2.05, 4.69) is 5.32 Å². The van der Waals surface area contributed by atoms with Crippen molar-refractivity contribution in [3.8, 4) is 0 Å². The number of hydrogen-bond acceptors (Lipinski definition) is 4. The summed E-state index contributed by atoms with van der Waals surface area (Å²) in [7, 11) is 0. The van der Waals surface area contributed by atoms with Gasteiger partial charge in [0.25, 0.3) is 5.69 Å². The van der Waals surface area contributed by atoms with Gasteiger partial charge in [-0.25, -0.2) is 0 Å². The molecule has 7 nitrogen and oxygen atoms in total. The minimum absolute atomic E-state index is 0.00422. The van der Waals surface area contributed by atoms with Crippen LogP contribution in [0, 0.1) is 10.1 Å². The molecule has 2 aromatic rings. The quantitative estimate of drug-likeness (QED) is 0.475. The first-order chi connectivity index (χ1) is 14.4. The Morgan fingerprint density at radius 3 is 2.27 bits per heavy atom. The fourth-order valence-electron chi connectivity index (χ4n) is 3.24. The molecule has 0 aromatic heterocycles. The third kappa shape index (κ3) is 6.14. The van der Waals surface area contributed by atoms with E-state index in [1.165, 1.54) is 11.0 Å². The van der Waals surface area contributed by atoms with Crippen molar-refractivity contribution in [3.05, 3.63) is 75.8 Å². The summed E-state index contributed by atoms with van der Waals surface area (Å²) >= 11 is 0. The summed E-state index contributed by atoms with van der Waals surface area (Å²) in [5.74, 6) is -0.530. The Bertz CT molecular complexity index is 870. The highest BCUT2D eigenvalue weighted by molar-refractivity contribution is 5.89. The molecular formula is C23H29N3O4. The molecule has 0 radical (unpaired) electrons. The average Bonchev–Trinajstić information content (AvgIpc) is 2.74. The highest BCUT2D eigenvalue weighted by Crippen LogP contribution is 2.21. The largest absolute Gasteiger partial charge is 0.352 e. The monoisotopic (exact) mass is 411 g/mol. The van der Waals surface area contributed by atoms with Crippen molar-refractivity contribution < 1.29 is 14.5 Å². The van der Waals surface area contributed by atoms with E-state index in [1.807, 2.05) is 51.1 Å². The highest BCUT2D eigenvalue weighted by atomic mass is 16.6. The summed E-state index contributed by atoms with van der Waals surface area (Å²) < 4.78 is 0. The zero-order valence-corrected chi connectivity index (χ0v) is 17.7. The smallest absolute Gasteiger partial charge is 0.273 e. The molecule has 0 aliphatic heterocycles. The van der Waals surface area contributed by atoms with Gasteiger partial charge in [-0.3, -0.25) is 19.7 Å². The van der Waals surface area contributed by atoms with Crippen LogP contribution in [0.25, 0.3) is 0 Å². The van der Waals surface area contributed by atoms with Gasteiger partial charge in [0.2, 0.25) is 11.8 Å². The molecule has 0 saturated carbocycles. The van der Waals surface area contributed by atoms with Gasteiger partial charge in [0.1, 0.15) is 6.04 Å². The van der Waals surface area contributed by atoms with E-state index in [9.17, 15) is 19.7 Å². The molecule has 2 atom stereocenters. The molecule has 0 bridgehead atoms. The molecule has 160 valence electrons. The maximum atomic E-state index is 13.3. The van der Waals surface area contributed by atoms with Crippen molar-refractivity contribution in [1.82, 2.24) is 10.2 Å². The molecule has 0 heterocycles. The molecule has 0 aliphatic carbocycles.